The molecule has 8 nitrogen and oxygen atoms in total. The van der Waals surface area contributed by atoms with Crippen molar-refractivity contribution in [3.05, 3.63) is 65.1 Å². The Kier molecular flexibility index (Phi) is 3.85. The van der Waals surface area contributed by atoms with Crippen LogP contribution in [0, 0.1) is 0 Å². The highest BCUT2D eigenvalue weighted by atomic mass is 16.5. The summed E-state index contributed by atoms with van der Waals surface area (Å²) in [7, 11) is 1.55. The lowest BCUT2D eigenvalue weighted by molar-refractivity contribution is -0.116. The van der Waals surface area contributed by atoms with E-state index in [1.54, 1.807) is 54.1 Å². The molecule has 0 atom stereocenters. The number of anilines is 1. The van der Waals surface area contributed by atoms with Gasteiger partial charge in [0.05, 0.1) is 24.2 Å². The molecule has 0 aliphatic rings. The van der Waals surface area contributed by atoms with Gasteiger partial charge < -0.3 is 10.1 Å². The lowest BCUT2D eigenvalue weighted by Crippen LogP contribution is -2.29. The van der Waals surface area contributed by atoms with E-state index in [9.17, 15) is 9.59 Å². The van der Waals surface area contributed by atoms with Crippen molar-refractivity contribution in [1.82, 2.24) is 19.4 Å². The Hall–Kier alpha value is -3.68. The monoisotopic (exact) mass is 349 g/mol. The Labute approximate surface area is 147 Å². The van der Waals surface area contributed by atoms with Crippen molar-refractivity contribution in [2.75, 3.05) is 12.4 Å². The van der Waals surface area contributed by atoms with E-state index in [1.807, 2.05) is 6.07 Å². The van der Waals surface area contributed by atoms with Crippen molar-refractivity contribution in [1.29, 1.82) is 0 Å². The zero-order valence-electron chi connectivity index (χ0n) is 13.9. The fraction of sp³-hybridized carbons (Fsp3) is 0.111. The van der Waals surface area contributed by atoms with Crippen molar-refractivity contribution >= 4 is 28.1 Å². The molecule has 1 N–H and O–H groups in total. The number of carbonyl (C=O) groups is 1. The molecular formula is C18H15N5O3. The number of amides is 1. The maximum Gasteiger partial charge on any atom is 0.262 e. The van der Waals surface area contributed by atoms with E-state index in [-0.39, 0.29) is 18.0 Å². The van der Waals surface area contributed by atoms with Crippen LogP contribution in [0.4, 0.5) is 5.69 Å². The predicted octanol–water partition coefficient (Wildman–Crippen LogP) is 1.69. The Bertz CT molecular complexity index is 1180. The molecule has 0 aliphatic heterocycles. The maximum atomic E-state index is 12.8. The number of ether oxygens (including phenoxy) is 1. The summed E-state index contributed by atoms with van der Waals surface area (Å²) in [6.45, 7) is -0.155. The molecule has 8 heteroatoms. The molecule has 4 aromatic rings. The molecule has 130 valence electrons. The summed E-state index contributed by atoms with van der Waals surface area (Å²) in [6.07, 6.45) is 1.46. The number of hydrogen-bond donors (Lipinski definition) is 1. The highest BCUT2D eigenvalue weighted by Gasteiger charge is 2.14. The predicted molar refractivity (Wildman–Crippen MR) is 96.4 cm³/mol. The minimum atomic E-state index is -0.335. The van der Waals surface area contributed by atoms with Gasteiger partial charge in [0, 0.05) is 11.8 Å². The van der Waals surface area contributed by atoms with Crippen LogP contribution in [0.5, 0.6) is 5.75 Å². The third kappa shape index (κ3) is 2.67. The van der Waals surface area contributed by atoms with Crippen molar-refractivity contribution in [2.45, 2.75) is 6.54 Å². The van der Waals surface area contributed by atoms with Gasteiger partial charge in [-0.3, -0.25) is 14.2 Å². The molecule has 0 radical (unpaired) electrons. The van der Waals surface area contributed by atoms with Crippen LogP contribution < -0.4 is 15.6 Å². The highest BCUT2D eigenvalue weighted by Crippen LogP contribution is 2.17. The van der Waals surface area contributed by atoms with E-state index >= 15 is 0 Å². The molecule has 0 saturated heterocycles. The normalized spacial score (nSPS) is 11.0. The summed E-state index contributed by atoms with van der Waals surface area (Å²) in [5.74, 6) is 0.298. The molecule has 0 bridgehead atoms. The van der Waals surface area contributed by atoms with Gasteiger partial charge in [-0.2, -0.15) is 4.52 Å². The fourth-order valence-corrected chi connectivity index (χ4v) is 2.87. The third-order valence-electron chi connectivity index (χ3n) is 4.07. The Morgan fingerprint density at radius 2 is 2.04 bits per heavy atom. The summed E-state index contributed by atoms with van der Waals surface area (Å²) in [6, 6.07) is 14.1. The second-order valence-corrected chi connectivity index (χ2v) is 5.69. The van der Waals surface area contributed by atoms with Crippen LogP contribution in [0.3, 0.4) is 0 Å². The van der Waals surface area contributed by atoms with Crippen LogP contribution in [0.2, 0.25) is 0 Å². The van der Waals surface area contributed by atoms with Gasteiger partial charge in [0.15, 0.2) is 5.65 Å². The second-order valence-electron chi connectivity index (χ2n) is 5.69. The Balaban J connectivity index is 1.72. The second kappa shape index (κ2) is 6.32. The lowest BCUT2D eigenvalue weighted by atomic mass is 10.2. The number of carbonyl (C=O) groups excluding carboxylic acids is 1. The minimum Gasteiger partial charge on any atom is -0.497 e. The van der Waals surface area contributed by atoms with E-state index in [1.165, 1.54) is 10.8 Å². The van der Waals surface area contributed by atoms with Crippen molar-refractivity contribution in [2.24, 2.45) is 0 Å². The minimum absolute atomic E-state index is 0.155. The molecule has 4 rings (SSSR count). The van der Waals surface area contributed by atoms with Crippen LogP contribution in [-0.4, -0.2) is 32.4 Å². The zero-order chi connectivity index (χ0) is 18.1. The van der Waals surface area contributed by atoms with E-state index in [2.05, 4.69) is 15.6 Å². The van der Waals surface area contributed by atoms with Crippen LogP contribution in [0.15, 0.2) is 59.5 Å². The van der Waals surface area contributed by atoms with E-state index in [4.69, 9.17) is 4.74 Å². The van der Waals surface area contributed by atoms with E-state index in [0.29, 0.717) is 28.0 Å². The summed E-state index contributed by atoms with van der Waals surface area (Å²) >= 11 is 0. The highest BCUT2D eigenvalue weighted by molar-refractivity contribution is 5.91. The van der Waals surface area contributed by atoms with Crippen LogP contribution in [0.1, 0.15) is 0 Å². The smallest absolute Gasteiger partial charge is 0.262 e. The Morgan fingerprint density at radius 3 is 2.88 bits per heavy atom. The average Bonchev–Trinajstić information content (AvgIpc) is 3.15. The van der Waals surface area contributed by atoms with Gasteiger partial charge in [-0.15, -0.1) is 5.10 Å². The summed E-state index contributed by atoms with van der Waals surface area (Å²) < 4.78 is 8.05. The standard InChI is InChI=1S/C18H15N5O3/c1-26-13-6-4-5-12(9-13)20-16(24)11-22-17-10-19-21-23(17)15-8-3-2-7-14(15)18(22)25/h2-10H,11H2,1H3,(H,20,24). The lowest BCUT2D eigenvalue weighted by Gasteiger charge is -2.11. The SMILES string of the molecule is COc1cccc(NC(=O)Cn2c(=O)c3ccccc3n3nncc23)c1. The molecule has 0 saturated carbocycles. The number of fused-ring (bicyclic) bond motifs is 3. The summed E-state index contributed by atoms with van der Waals surface area (Å²) in [5.41, 5.74) is 1.42. The topological polar surface area (TPSA) is 90.5 Å². The first-order chi connectivity index (χ1) is 12.7. The molecule has 0 aliphatic carbocycles. The quantitative estimate of drug-likeness (QED) is 0.605. The molecule has 2 heterocycles. The summed E-state index contributed by atoms with van der Waals surface area (Å²) in [5, 5.41) is 11.1. The van der Waals surface area contributed by atoms with Gasteiger partial charge in [-0.05, 0) is 24.3 Å². The molecule has 2 aromatic carbocycles. The number of benzene rings is 2. The maximum absolute atomic E-state index is 12.8. The molecule has 0 spiro atoms. The van der Waals surface area contributed by atoms with Crippen molar-refractivity contribution in [3.63, 3.8) is 0 Å². The van der Waals surface area contributed by atoms with E-state index < -0.39 is 0 Å². The van der Waals surface area contributed by atoms with Gasteiger partial charge in [0.2, 0.25) is 5.91 Å². The van der Waals surface area contributed by atoms with Gasteiger partial charge in [-0.25, -0.2) is 0 Å². The molecule has 0 fully saturated rings. The number of para-hydroxylation sites is 1. The third-order valence-corrected chi connectivity index (χ3v) is 4.07. The van der Waals surface area contributed by atoms with Gasteiger partial charge >= 0.3 is 0 Å². The molecule has 1 amide bonds. The van der Waals surface area contributed by atoms with Crippen LogP contribution >= 0.6 is 0 Å². The van der Waals surface area contributed by atoms with Gasteiger partial charge in [0.25, 0.3) is 5.56 Å². The molecular weight excluding hydrogens is 334 g/mol. The number of nitrogens with one attached hydrogen (secondary N) is 1. The first-order valence-corrected chi connectivity index (χ1v) is 7.93. The van der Waals surface area contributed by atoms with Crippen LogP contribution in [0.25, 0.3) is 16.6 Å². The first-order valence-electron chi connectivity index (χ1n) is 7.93. The molecule has 2 aromatic heterocycles. The van der Waals surface area contributed by atoms with Gasteiger partial charge in [0.1, 0.15) is 12.3 Å². The number of hydrogen-bond acceptors (Lipinski definition) is 5. The van der Waals surface area contributed by atoms with Gasteiger partial charge in [-0.1, -0.05) is 23.4 Å². The first kappa shape index (κ1) is 15.8. The fourth-order valence-electron chi connectivity index (χ4n) is 2.87. The molecule has 0 unspecified atom stereocenters. The van der Waals surface area contributed by atoms with Crippen LogP contribution in [-0.2, 0) is 11.3 Å². The number of nitrogens with zero attached hydrogens (tertiary/aromatic N) is 4. The largest absolute Gasteiger partial charge is 0.497 e. The number of methoxy groups -OCH3 is 1. The number of aromatic nitrogens is 4. The van der Waals surface area contributed by atoms with Crippen molar-refractivity contribution in [3.8, 4) is 5.75 Å². The van der Waals surface area contributed by atoms with E-state index in [0.717, 1.165) is 0 Å². The van der Waals surface area contributed by atoms with Crippen molar-refractivity contribution < 1.29 is 9.53 Å². The Morgan fingerprint density at radius 1 is 1.19 bits per heavy atom. The zero-order valence-corrected chi connectivity index (χ0v) is 13.9. The average molecular weight is 349 g/mol. The summed E-state index contributed by atoms with van der Waals surface area (Å²) in [4.78, 5) is 25.3. The number of rotatable bonds is 4. The molecule has 26 heavy (non-hydrogen) atoms.